The lowest BCUT2D eigenvalue weighted by atomic mass is 10.0. The Bertz CT molecular complexity index is 714. The fraction of sp³-hybridized carbons (Fsp3) is 0.533. The molecule has 3 nitrogen and oxygen atoms in total. The van der Waals surface area contributed by atoms with Gasteiger partial charge in [0.05, 0.1) is 22.7 Å². The molecule has 9 heteroatoms. The van der Waals surface area contributed by atoms with Crippen LogP contribution in [0, 0.1) is 5.92 Å². The standard InChI is InChI=1S/C15H17F6N3/c1-7(2)4-11(22-3)13-23-10-6-8(14(16,17)18)5-9(12(10)24-13)15(19,20)21/h5-7,11,22H,4H2,1-3H3,(H,23,24)/t11-/m0/s1. The summed E-state index contributed by atoms with van der Waals surface area (Å²) in [5.41, 5.74) is -3.54. The van der Waals surface area contributed by atoms with Crippen LogP contribution in [0.3, 0.4) is 0 Å². The van der Waals surface area contributed by atoms with Gasteiger partial charge in [0.2, 0.25) is 0 Å². The fourth-order valence-corrected chi connectivity index (χ4v) is 2.52. The summed E-state index contributed by atoms with van der Waals surface area (Å²) in [4.78, 5) is 6.52. The second-order valence-electron chi connectivity index (χ2n) is 6.01. The third kappa shape index (κ3) is 3.82. The van der Waals surface area contributed by atoms with Crippen LogP contribution in [0.1, 0.15) is 43.3 Å². The molecule has 0 aliphatic carbocycles. The summed E-state index contributed by atoms with van der Waals surface area (Å²) in [6.07, 6.45) is -9.23. The number of rotatable bonds is 4. The van der Waals surface area contributed by atoms with E-state index in [2.05, 4.69) is 15.3 Å². The molecule has 0 amide bonds. The number of H-pyrrole nitrogens is 1. The average molecular weight is 353 g/mol. The van der Waals surface area contributed by atoms with Crippen LogP contribution in [0.4, 0.5) is 26.3 Å². The molecule has 0 spiro atoms. The van der Waals surface area contributed by atoms with Crippen LogP contribution in [0.25, 0.3) is 11.0 Å². The molecule has 1 atom stereocenters. The third-order valence-corrected chi connectivity index (χ3v) is 3.62. The third-order valence-electron chi connectivity index (χ3n) is 3.62. The Morgan fingerprint density at radius 3 is 2.17 bits per heavy atom. The van der Waals surface area contributed by atoms with Gasteiger partial charge in [0, 0.05) is 0 Å². The number of hydrogen-bond acceptors (Lipinski definition) is 2. The van der Waals surface area contributed by atoms with E-state index in [1.807, 2.05) is 13.8 Å². The quantitative estimate of drug-likeness (QED) is 0.767. The molecule has 0 bridgehead atoms. The van der Waals surface area contributed by atoms with Gasteiger partial charge in [0.25, 0.3) is 0 Å². The van der Waals surface area contributed by atoms with Crippen molar-refractivity contribution >= 4 is 11.0 Å². The molecule has 2 rings (SSSR count). The largest absolute Gasteiger partial charge is 0.418 e. The van der Waals surface area contributed by atoms with E-state index in [9.17, 15) is 26.3 Å². The lowest BCUT2D eigenvalue weighted by molar-refractivity contribution is -0.142. The molecule has 0 aliphatic heterocycles. The number of hydrogen-bond donors (Lipinski definition) is 2. The summed E-state index contributed by atoms with van der Waals surface area (Å²) >= 11 is 0. The highest BCUT2D eigenvalue weighted by Crippen LogP contribution is 2.39. The zero-order valence-corrected chi connectivity index (χ0v) is 13.2. The van der Waals surface area contributed by atoms with Crippen molar-refractivity contribution in [1.29, 1.82) is 0 Å². The first-order valence-electron chi connectivity index (χ1n) is 7.28. The topological polar surface area (TPSA) is 40.7 Å². The summed E-state index contributed by atoms with van der Waals surface area (Å²) in [5, 5.41) is 2.92. The lowest BCUT2D eigenvalue weighted by Gasteiger charge is -2.15. The molecule has 1 heterocycles. The molecule has 0 aliphatic rings. The molecular weight excluding hydrogens is 336 g/mol. The number of halogens is 6. The number of aromatic nitrogens is 2. The summed E-state index contributed by atoms with van der Waals surface area (Å²) in [7, 11) is 1.62. The van der Waals surface area contributed by atoms with Crippen molar-refractivity contribution < 1.29 is 26.3 Å². The second-order valence-corrected chi connectivity index (χ2v) is 6.01. The Labute approximate surface area is 134 Å². The van der Waals surface area contributed by atoms with Gasteiger partial charge in [-0.25, -0.2) is 4.98 Å². The van der Waals surface area contributed by atoms with Crippen LogP contribution in [-0.2, 0) is 12.4 Å². The van der Waals surface area contributed by atoms with Crippen molar-refractivity contribution in [2.45, 2.75) is 38.7 Å². The van der Waals surface area contributed by atoms with Gasteiger partial charge >= 0.3 is 12.4 Å². The number of imidazole rings is 1. The van der Waals surface area contributed by atoms with E-state index in [-0.39, 0.29) is 29.4 Å². The van der Waals surface area contributed by atoms with Crippen molar-refractivity contribution in [3.63, 3.8) is 0 Å². The van der Waals surface area contributed by atoms with Crippen LogP contribution in [0.2, 0.25) is 0 Å². The highest BCUT2D eigenvalue weighted by molar-refractivity contribution is 5.80. The van der Waals surface area contributed by atoms with Crippen molar-refractivity contribution in [3.05, 3.63) is 29.1 Å². The number of aromatic amines is 1. The Balaban J connectivity index is 2.65. The van der Waals surface area contributed by atoms with E-state index < -0.39 is 29.0 Å². The van der Waals surface area contributed by atoms with Crippen LogP contribution in [0.15, 0.2) is 12.1 Å². The van der Waals surface area contributed by atoms with E-state index in [0.29, 0.717) is 12.5 Å². The molecule has 0 radical (unpaired) electrons. The van der Waals surface area contributed by atoms with E-state index >= 15 is 0 Å². The molecule has 24 heavy (non-hydrogen) atoms. The zero-order valence-electron chi connectivity index (χ0n) is 13.2. The summed E-state index contributed by atoms with van der Waals surface area (Å²) in [6.45, 7) is 3.85. The Morgan fingerprint density at radius 1 is 1.08 bits per heavy atom. The molecule has 2 N–H and O–H groups in total. The number of benzene rings is 1. The highest BCUT2D eigenvalue weighted by Gasteiger charge is 2.39. The summed E-state index contributed by atoms with van der Waals surface area (Å²) in [6, 6.07) is 0.375. The first kappa shape index (κ1) is 18.6. The van der Waals surface area contributed by atoms with Crippen LogP contribution in [-0.4, -0.2) is 17.0 Å². The molecule has 0 fully saturated rings. The fourth-order valence-electron chi connectivity index (χ4n) is 2.52. The molecule has 1 aromatic heterocycles. The maximum absolute atomic E-state index is 13.2. The smallest absolute Gasteiger partial charge is 0.341 e. The molecular formula is C15H17F6N3. The second kappa shape index (κ2) is 6.27. The maximum atomic E-state index is 13.2. The van der Waals surface area contributed by atoms with E-state index in [1.165, 1.54) is 0 Å². The molecule has 0 unspecified atom stereocenters. The van der Waals surface area contributed by atoms with Gasteiger partial charge in [-0.2, -0.15) is 26.3 Å². The molecule has 2 aromatic rings. The monoisotopic (exact) mass is 353 g/mol. The normalized spacial score (nSPS) is 14.6. The van der Waals surface area contributed by atoms with Gasteiger partial charge in [-0.1, -0.05) is 13.8 Å². The van der Waals surface area contributed by atoms with Crippen molar-refractivity contribution in [2.24, 2.45) is 5.92 Å². The predicted molar refractivity (Wildman–Crippen MR) is 77.4 cm³/mol. The highest BCUT2D eigenvalue weighted by atomic mass is 19.4. The zero-order chi connectivity index (χ0) is 18.3. The number of nitrogens with one attached hydrogen (secondary N) is 2. The Morgan fingerprint density at radius 2 is 1.71 bits per heavy atom. The van der Waals surface area contributed by atoms with Gasteiger partial charge < -0.3 is 10.3 Å². The SMILES string of the molecule is CN[C@@H](CC(C)C)c1nc2c(C(F)(F)F)cc(C(F)(F)F)cc2[nH]1. The Hall–Kier alpha value is -1.77. The minimum absolute atomic E-state index is 0.101. The summed E-state index contributed by atoms with van der Waals surface area (Å²) in [5.74, 6) is 0.412. The number of alkyl halides is 6. The predicted octanol–water partition coefficient (Wildman–Crippen LogP) is 4.91. The first-order valence-corrected chi connectivity index (χ1v) is 7.28. The minimum Gasteiger partial charge on any atom is -0.341 e. The molecule has 0 saturated carbocycles. The Kier molecular flexibility index (Phi) is 4.85. The van der Waals surface area contributed by atoms with E-state index in [1.54, 1.807) is 7.05 Å². The molecule has 0 saturated heterocycles. The average Bonchev–Trinajstić information content (AvgIpc) is 2.84. The maximum Gasteiger partial charge on any atom is 0.418 e. The van der Waals surface area contributed by atoms with E-state index in [0.717, 1.165) is 0 Å². The van der Waals surface area contributed by atoms with Gasteiger partial charge in [-0.05, 0) is 31.5 Å². The van der Waals surface area contributed by atoms with Gasteiger partial charge in [-0.3, -0.25) is 0 Å². The summed E-state index contributed by atoms with van der Waals surface area (Å²) < 4.78 is 78.1. The lowest BCUT2D eigenvalue weighted by Crippen LogP contribution is -2.19. The minimum atomic E-state index is -4.93. The van der Waals surface area contributed by atoms with Crippen LogP contribution >= 0.6 is 0 Å². The van der Waals surface area contributed by atoms with Gasteiger partial charge in [0.1, 0.15) is 11.3 Å². The molecule has 134 valence electrons. The van der Waals surface area contributed by atoms with Crippen LogP contribution < -0.4 is 5.32 Å². The van der Waals surface area contributed by atoms with Crippen molar-refractivity contribution in [3.8, 4) is 0 Å². The van der Waals surface area contributed by atoms with Crippen LogP contribution in [0.5, 0.6) is 0 Å². The molecule has 1 aromatic carbocycles. The number of nitrogens with zero attached hydrogens (tertiary/aromatic N) is 1. The van der Waals surface area contributed by atoms with Gasteiger partial charge in [-0.15, -0.1) is 0 Å². The van der Waals surface area contributed by atoms with Gasteiger partial charge in [0.15, 0.2) is 0 Å². The number of fused-ring (bicyclic) bond motifs is 1. The van der Waals surface area contributed by atoms with E-state index in [4.69, 9.17) is 0 Å². The van der Waals surface area contributed by atoms with Crippen molar-refractivity contribution in [1.82, 2.24) is 15.3 Å². The first-order chi connectivity index (χ1) is 10.9. The van der Waals surface area contributed by atoms with Crippen molar-refractivity contribution in [2.75, 3.05) is 7.05 Å².